The van der Waals surface area contributed by atoms with E-state index < -0.39 is 6.04 Å². The molecule has 0 heterocycles. The van der Waals surface area contributed by atoms with Crippen molar-refractivity contribution in [2.75, 3.05) is 21.2 Å². The number of ether oxygens (including phenoxy) is 1. The fraction of sp³-hybridized carbons (Fsp3) is 0.500. The summed E-state index contributed by atoms with van der Waals surface area (Å²) in [5.74, 6) is 0.812. The summed E-state index contributed by atoms with van der Waals surface area (Å²) in [6, 6.07) is 3.40. The number of benzene rings is 1. The average molecular weight is 250 g/mol. The minimum absolute atomic E-state index is 0.0529. The molecular weight excluding hydrogens is 228 g/mol. The van der Waals surface area contributed by atoms with E-state index in [9.17, 15) is 4.79 Å². The van der Waals surface area contributed by atoms with Crippen LogP contribution in [-0.4, -0.2) is 38.1 Å². The molecule has 0 saturated carbocycles. The molecule has 1 atom stereocenters. The van der Waals surface area contributed by atoms with Gasteiger partial charge < -0.3 is 15.4 Å². The first-order valence-electron chi connectivity index (χ1n) is 5.98. The molecule has 0 radical (unpaired) electrons. The van der Waals surface area contributed by atoms with Crippen LogP contribution >= 0.6 is 0 Å². The van der Waals surface area contributed by atoms with E-state index in [2.05, 4.69) is 0 Å². The highest BCUT2D eigenvalue weighted by Gasteiger charge is 2.17. The van der Waals surface area contributed by atoms with E-state index in [1.807, 2.05) is 26.0 Å². The molecule has 0 spiro atoms. The van der Waals surface area contributed by atoms with Crippen molar-refractivity contribution in [1.82, 2.24) is 4.90 Å². The van der Waals surface area contributed by atoms with Crippen LogP contribution in [0, 0.1) is 13.8 Å². The van der Waals surface area contributed by atoms with E-state index in [1.165, 1.54) is 4.90 Å². The normalized spacial score (nSPS) is 12.1. The molecule has 0 aliphatic carbocycles. The minimum atomic E-state index is -0.494. The average Bonchev–Trinajstić information content (AvgIpc) is 2.34. The van der Waals surface area contributed by atoms with Gasteiger partial charge in [0.15, 0.2) is 0 Å². The Morgan fingerprint density at radius 3 is 2.44 bits per heavy atom. The molecule has 1 unspecified atom stereocenters. The highest BCUT2D eigenvalue weighted by molar-refractivity contribution is 5.81. The van der Waals surface area contributed by atoms with E-state index in [0.29, 0.717) is 6.42 Å². The van der Waals surface area contributed by atoms with Crippen LogP contribution in [0.1, 0.15) is 16.7 Å². The summed E-state index contributed by atoms with van der Waals surface area (Å²) >= 11 is 0. The third-order valence-corrected chi connectivity index (χ3v) is 3.27. The molecule has 0 aliphatic rings. The lowest BCUT2D eigenvalue weighted by Crippen LogP contribution is -2.41. The number of nitrogens with zero attached hydrogens (tertiary/aromatic N) is 1. The number of amides is 1. The Morgan fingerprint density at radius 2 is 1.94 bits per heavy atom. The van der Waals surface area contributed by atoms with Gasteiger partial charge in [0.05, 0.1) is 13.2 Å². The Morgan fingerprint density at radius 1 is 1.33 bits per heavy atom. The predicted octanol–water partition coefficient (Wildman–Crippen LogP) is 1.27. The largest absolute Gasteiger partial charge is 0.496 e. The van der Waals surface area contributed by atoms with Gasteiger partial charge in [0.2, 0.25) is 5.91 Å². The summed E-state index contributed by atoms with van der Waals surface area (Å²) in [5.41, 5.74) is 9.24. The monoisotopic (exact) mass is 250 g/mol. The molecule has 1 rings (SSSR count). The number of nitrogens with two attached hydrogens (primary N) is 1. The molecule has 0 aliphatic heterocycles. The van der Waals surface area contributed by atoms with E-state index in [4.69, 9.17) is 10.5 Å². The second-order valence-corrected chi connectivity index (χ2v) is 4.72. The van der Waals surface area contributed by atoms with Gasteiger partial charge in [-0.3, -0.25) is 4.79 Å². The van der Waals surface area contributed by atoms with E-state index >= 15 is 0 Å². The van der Waals surface area contributed by atoms with E-state index in [1.54, 1.807) is 21.2 Å². The number of hydrogen-bond acceptors (Lipinski definition) is 3. The molecular formula is C14H22N2O2. The molecule has 0 aromatic heterocycles. The zero-order valence-electron chi connectivity index (χ0n) is 11.8. The van der Waals surface area contributed by atoms with Crippen LogP contribution in [0.3, 0.4) is 0 Å². The summed E-state index contributed by atoms with van der Waals surface area (Å²) in [4.78, 5) is 13.3. The third-order valence-electron chi connectivity index (χ3n) is 3.27. The summed E-state index contributed by atoms with van der Waals surface area (Å²) in [5, 5.41) is 0. The molecule has 0 bridgehead atoms. The maximum absolute atomic E-state index is 11.7. The van der Waals surface area contributed by atoms with E-state index in [-0.39, 0.29) is 5.91 Å². The Balaban J connectivity index is 2.92. The first-order chi connectivity index (χ1) is 8.38. The lowest BCUT2D eigenvalue weighted by Gasteiger charge is -2.19. The minimum Gasteiger partial charge on any atom is -0.496 e. The molecule has 100 valence electrons. The predicted molar refractivity (Wildman–Crippen MR) is 72.8 cm³/mol. The topological polar surface area (TPSA) is 55.6 Å². The maximum atomic E-state index is 11.7. The molecule has 18 heavy (non-hydrogen) atoms. The molecule has 0 fully saturated rings. The number of carbonyl (C=O) groups excluding carboxylic acids is 1. The molecule has 4 nitrogen and oxygen atoms in total. The Labute approximate surface area is 109 Å². The standard InChI is InChI=1S/C14H22N2O2/c1-9-10(2)13(18-5)7-6-11(9)8-12(15)14(17)16(3)4/h6-7,12H,8,15H2,1-5H3. The molecule has 1 aromatic rings. The van der Waals surface area contributed by atoms with Crippen LogP contribution in [0.5, 0.6) is 5.75 Å². The number of hydrogen-bond donors (Lipinski definition) is 1. The Bertz CT molecular complexity index is 442. The summed E-state index contributed by atoms with van der Waals surface area (Å²) in [6.07, 6.45) is 0.549. The summed E-state index contributed by atoms with van der Waals surface area (Å²) in [6.45, 7) is 4.04. The lowest BCUT2D eigenvalue weighted by atomic mass is 9.97. The van der Waals surface area contributed by atoms with Gasteiger partial charge in [-0.05, 0) is 43.0 Å². The highest BCUT2D eigenvalue weighted by atomic mass is 16.5. The molecule has 4 heteroatoms. The van der Waals surface area contributed by atoms with Gasteiger partial charge in [0.25, 0.3) is 0 Å². The van der Waals surface area contributed by atoms with Crippen LogP contribution in [0.25, 0.3) is 0 Å². The SMILES string of the molecule is COc1ccc(CC(N)C(=O)N(C)C)c(C)c1C. The smallest absolute Gasteiger partial charge is 0.239 e. The molecule has 1 aromatic carbocycles. The zero-order chi connectivity index (χ0) is 13.9. The van der Waals surface area contributed by atoms with Crippen LogP contribution in [0.15, 0.2) is 12.1 Å². The number of carbonyl (C=O) groups is 1. The van der Waals surface area contributed by atoms with Crippen molar-refractivity contribution in [3.8, 4) is 5.75 Å². The molecule has 1 amide bonds. The van der Waals surface area contributed by atoms with Crippen molar-refractivity contribution in [1.29, 1.82) is 0 Å². The fourth-order valence-corrected chi connectivity index (χ4v) is 1.95. The third kappa shape index (κ3) is 3.01. The van der Waals surface area contributed by atoms with Crippen molar-refractivity contribution in [2.24, 2.45) is 5.73 Å². The van der Waals surface area contributed by atoms with Crippen molar-refractivity contribution >= 4 is 5.91 Å². The first kappa shape index (κ1) is 14.5. The highest BCUT2D eigenvalue weighted by Crippen LogP contribution is 2.24. The van der Waals surface area contributed by atoms with Gasteiger partial charge in [0, 0.05) is 14.1 Å². The Hall–Kier alpha value is -1.55. The van der Waals surface area contributed by atoms with Crippen molar-refractivity contribution in [3.05, 3.63) is 28.8 Å². The van der Waals surface area contributed by atoms with Crippen molar-refractivity contribution in [2.45, 2.75) is 26.3 Å². The number of rotatable bonds is 4. The second kappa shape index (κ2) is 5.87. The quantitative estimate of drug-likeness (QED) is 0.875. The fourth-order valence-electron chi connectivity index (χ4n) is 1.95. The second-order valence-electron chi connectivity index (χ2n) is 4.72. The van der Waals surface area contributed by atoms with Gasteiger partial charge in [-0.1, -0.05) is 6.07 Å². The molecule has 2 N–H and O–H groups in total. The van der Waals surface area contributed by atoms with Crippen molar-refractivity contribution in [3.63, 3.8) is 0 Å². The van der Waals surface area contributed by atoms with Crippen LogP contribution in [0.4, 0.5) is 0 Å². The number of methoxy groups -OCH3 is 1. The maximum Gasteiger partial charge on any atom is 0.239 e. The van der Waals surface area contributed by atoms with Crippen molar-refractivity contribution < 1.29 is 9.53 Å². The Kier molecular flexibility index (Phi) is 4.73. The zero-order valence-corrected chi connectivity index (χ0v) is 11.8. The van der Waals surface area contributed by atoms with Gasteiger partial charge in [-0.25, -0.2) is 0 Å². The summed E-state index contributed by atoms with van der Waals surface area (Å²) in [7, 11) is 5.09. The van der Waals surface area contributed by atoms with Gasteiger partial charge in [-0.15, -0.1) is 0 Å². The summed E-state index contributed by atoms with van der Waals surface area (Å²) < 4.78 is 5.27. The van der Waals surface area contributed by atoms with Gasteiger partial charge in [-0.2, -0.15) is 0 Å². The van der Waals surface area contributed by atoms with Crippen LogP contribution in [0.2, 0.25) is 0 Å². The van der Waals surface area contributed by atoms with Crippen LogP contribution < -0.4 is 10.5 Å². The van der Waals surface area contributed by atoms with E-state index in [0.717, 1.165) is 22.4 Å². The lowest BCUT2D eigenvalue weighted by molar-refractivity contribution is -0.130. The van der Waals surface area contributed by atoms with Gasteiger partial charge >= 0.3 is 0 Å². The first-order valence-corrected chi connectivity index (χ1v) is 5.98. The van der Waals surface area contributed by atoms with Crippen LogP contribution in [-0.2, 0) is 11.2 Å². The molecule has 0 saturated heterocycles. The number of likely N-dealkylation sites (N-methyl/N-ethyl adjacent to an activating group) is 1. The van der Waals surface area contributed by atoms with Gasteiger partial charge in [0.1, 0.15) is 5.75 Å².